The summed E-state index contributed by atoms with van der Waals surface area (Å²) >= 11 is 7.19. The molecule has 0 fully saturated rings. The van der Waals surface area contributed by atoms with Crippen LogP contribution in [0.25, 0.3) is 16.8 Å². The second-order valence-corrected chi connectivity index (χ2v) is 7.40. The van der Waals surface area contributed by atoms with Crippen LogP contribution in [0.4, 0.5) is 5.00 Å². The van der Waals surface area contributed by atoms with E-state index < -0.39 is 5.97 Å². The number of benzene rings is 2. The van der Waals surface area contributed by atoms with Gasteiger partial charge in [-0.25, -0.2) is 9.48 Å². The van der Waals surface area contributed by atoms with Gasteiger partial charge >= 0.3 is 5.97 Å². The maximum Gasteiger partial charge on any atom is 0.339 e. The summed E-state index contributed by atoms with van der Waals surface area (Å²) < 4.78 is 1.67. The average Bonchev–Trinajstić information content (AvgIpc) is 3.55. The Morgan fingerprint density at radius 2 is 1.68 bits per heavy atom. The molecule has 0 unspecified atom stereocenters. The molecule has 0 atom stereocenters. The van der Waals surface area contributed by atoms with Gasteiger partial charge in [0.1, 0.15) is 10.6 Å². The largest absolute Gasteiger partial charge is 0.478 e. The highest BCUT2D eigenvalue weighted by Crippen LogP contribution is 2.35. The van der Waals surface area contributed by atoms with E-state index in [9.17, 15) is 14.7 Å². The first-order valence-corrected chi connectivity index (χ1v) is 12.1. The van der Waals surface area contributed by atoms with Gasteiger partial charge in [0, 0.05) is 29.2 Å². The van der Waals surface area contributed by atoms with Crippen LogP contribution in [0.2, 0.25) is 5.02 Å². The van der Waals surface area contributed by atoms with Crippen LogP contribution < -0.4 is 5.32 Å². The number of carboxylic acid groups (broad SMARTS) is 1. The summed E-state index contributed by atoms with van der Waals surface area (Å²) in [6.45, 7) is 8.00. The topological polar surface area (TPSA) is 84.2 Å². The van der Waals surface area contributed by atoms with Gasteiger partial charge in [-0.2, -0.15) is 5.10 Å². The molecule has 34 heavy (non-hydrogen) atoms. The van der Waals surface area contributed by atoms with Crippen molar-refractivity contribution >= 4 is 40.2 Å². The average molecular weight is 500 g/mol. The lowest BCUT2D eigenvalue weighted by Gasteiger charge is -2.03. The molecule has 4 rings (SSSR count). The number of para-hydroxylation sites is 1. The van der Waals surface area contributed by atoms with Gasteiger partial charge in [0.2, 0.25) is 0 Å². The van der Waals surface area contributed by atoms with E-state index in [2.05, 4.69) is 10.4 Å². The fraction of sp³-hybridized carbons (Fsp3) is 0.192. The van der Waals surface area contributed by atoms with Crippen LogP contribution in [0, 0.1) is 0 Å². The molecule has 6 nitrogen and oxygen atoms in total. The van der Waals surface area contributed by atoms with Gasteiger partial charge in [-0.3, -0.25) is 4.79 Å². The van der Waals surface area contributed by atoms with Gasteiger partial charge in [0.15, 0.2) is 6.29 Å². The van der Waals surface area contributed by atoms with E-state index in [1.807, 2.05) is 75.5 Å². The Morgan fingerprint density at radius 1 is 1.06 bits per heavy atom. The molecule has 0 saturated carbocycles. The van der Waals surface area contributed by atoms with Crippen LogP contribution in [-0.4, -0.2) is 34.2 Å². The van der Waals surface area contributed by atoms with Crippen molar-refractivity contribution in [3.05, 3.63) is 88.5 Å². The van der Waals surface area contributed by atoms with Crippen LogP contribution in [0.1, 0.15) is 48.4 Å². The van der Waals surface area contributed by atoms with Crippen molar-refractivity contribution < 1.29 is 14.7 Å². The minimum Gasteiger partial charge on any atom is -0.478 e. The van der Waals surface area contributed by atoms with E-state index in [1.54, 1.807) is 36.3 Å². The third kappa shape index (κ3) is 7.86. The standard InChI is InChI=1S/C12H10ClNO2S.C10H8N2O.2C2H6/c1-14-11-10(12(15)16)9(6-17-11)7-2-4-8(13)5-3-7;13-8-9-6-11-12(7-9)10-4-2-1-3-5-10;2*1-2/h2-6,14H,1H3,(H,15,16);1-8H;2*1-2H3. The maximum absolute atomic E-state index is 11.2. The quantitative estimate of drug-likeness (QED) is 0.277. The molecule has 0 aliphatic carbocycles. The number of nitrogens with one attached hydrogen (secondary N) is 1. The SMILES string of the molecule is CC.CC.CNc1scc(-c2ccc(Cl)cc2)c1C(=O)O.O=Cc1cnn(-c2ccccc2)c1. The van der Waals surface area contributed by atoms with Gasteiger partial charge in [0.05, 0.1) is 17.4 Å². The van der Waals surface area contributed by atoms with Crippen LogP contribution in [0.5, 0.6) is 0 Å². The fourth-order valence-corrected chi connectivity index (χ4v) is 3.76. The van der Waals surface area contributed by atoms with Crippen LogP contribution in [0.15, 0.2) is 72.4 Å². The Bertz CT molecular complexity index is 1140. The molecule has 0 aliphatic heterocycles. The van der Waals surface area contributed by atoms with Gasteiger partial charge in [-0.05, 0) is 29.8 Å². The highest BCUT2D eigenvalue weighted by Gasteiger charge is 2.18. The number of thiophene rings is 1. The summed E-state index contributed by atoms with van der Waals surface area (Å²) in [5.41, 5.74) is 3.41. The van der Waals surface area contributed by atoms with E-state index in [0.29, 0.717) is 26.7 Å². The summed E-state index contributed by atoms with van der Waals surface area (Å²) in [7, 11) is 1.71. The smallest absolute Gasteiger partial charge is 0.339 e. The van der Waals surface area contributed by atoms with Crippen molar-refractivity contribution in [2.75, 3.05) is 12.4 Å². The number of hydrogen-bond donors (Lipinski definition) is 2. The van der Waals surface area contributed by atoms with E-state index >= 15 is 0 Å². The van der Waals surface area contributed by atoms with Crippen molar-refractivity contribution in [1.29, 1.82) is 0 Å². The second kappa shape index (κ2) is 15.4. The Morgan fingerprint density at radius 3 is 2.18 bits per heavy atom. The van der Waals surface area contributed by atoms with E-state index in [-0.39, 0.29) is 0 Å². The van der Waals surface area contributed by atoms with E-state index in [1.165, 1.54) is 11.3 Å². The molecule has 8 heteroatoms. The molecule has 0 aliphatic rings. The molecule has 2 N–H and O–H groups in total. The number of aldehydes is 1. The molecular formula is C26H30ClN3O3S. The van der Waals surface area contributed by atoms with Gasteiger partial charge in [0.25, 0.3) is 0 Å². The van der Waals surface area contributed by atoms with E-state index in [0.717, 1.165) is 17.5 Å². The highest BCUT2D eigenvalue weighted by atomic mass is 35.5. The molecule has 4 aromatic rings. The van der Waals surface area contributed by atoms with Crippen molar-refractivity contribution in [3.63, 3.8) is 0 Å². The monoisotopic (exact) mass is 499 g/mol. The zero-order chi connectivity index (χ0) is 25.5. The van der Waals surface area contributed by atoms with Crippen molar-refractivity contribution in [1.82, 2.24) is 9.78 Å². The number of hydrogen-bond acceptors (Lipinski definition) is 5. The molecule has 2 aromatic heterocycles. The number of carboxylic acids is 1. The van der Waals surface area contributed by atoms with Crippen LogP contribution >= 0.6 is 22.9 Å². The number of carbonyl (C=O) groups excluding carboxylic acids is 1. The summed E-state index contributed by atoms with van der Waals surface area (Å²) in [6, 6.07) is 16.8. The van der Waals surface area contributed by atoms with Crippen LogP contribution in [-0.2, 0) is 0 Å². The molecule has 0 bridgehead atoms. The van der Waals surface area contributed by atoms with E-state index in [4.69, 9.17) is 11.6 Å². The number of nitrogens with zero attached hydrogens (tertiary/aromatic N) is 2. The number of halogens is 1. The highest BCUT2D eigenvalue weighted by molar-refractivity contribution is 7.15. The fourth-order valence-electron chi connectivity index (χ4n) is 2.72. The molecule has 0 amide bonds. The third-order valence-corrected chi connectivity index (χ3v) is 5.40. The van der Waals surface area contributed by atoms with Crippen LogP contribution in [0.3, 0.4) is 0 Å². The Balaban J connectivity index is 0.000000304. The lowest BCUT2D eigenvalue weighted by atomic mass is 10.0. The van der Waals surface area contributed by atoms with Crippen molar-refractivity contribution in [2.24, 2.45) is 0 Å². The first kappa shape index (κ1) is 28.6. The normalized spacial score (nSPS) is 9.24. The first-order chi connectivity index (χ1) is 16.5. The predicted octanol–water partition coefficient (Wildman–Crippen LogP) is 7.55. The molecule has 2 aromatic carbocycles. The van der Waals surface area contributed by atoms with Gasteiger partial charge in [-0.1, -0.05) is 69.6 Å². The number of aromatic nitrogens is 2. The molecular weight excluding hydrogens is 470 g/mol. The van der Waals surface area contributed by atoms with Gasteiger partial charge in [-0.15, -0.1) is 11.3 Å². The lowest BCUT2D eigenvalue weighted by molar-refractivity contribution is 0.0699. The summed E-state index contributed by atoms with van der Waals surface area (Å²) in [5.74, 6) is -0.930. The summed E-state index contributed by atoms with van der Waals surface area (Å²) in [5, 5.41) is 19.3. The third-order valence-electron chi connectivity index (χ3n) is 4.15. The molecule has 0 radical (unpaired) electrons. The maximum atomic E-state index is 11.2. The lowest BCUT2D eigenvalue weighted by Crippen LogP contribution is -2.00. The van der Waals surface area contributed by atoms with Gasteiger partial charge < -0.3 is 10.4 Å². The number of aromatic carboxylic acids is 1. The molecule has 180 valence electrons. The van der Waals surface area contributed by atoms with Crippen molar-refractivity contribution in [3.8, 4) is 16.8 Å². The number of carbonyl (C=O) groups is 2. The zero-order valence-electron chi connectivity index (χ0n) is 19.9. The molecule has 0 saturated heterocycles. The summed E-state index contributed by atoms with van der Waals surface area (Å²) in [6.07, 6.45) is 4.02. The van der Waals surface area contributed by atoms with Crippen molar-refractivity contribution in [2.45, 2.75) is 27.7 Å². The summed E-state index contributed by atoms with van der Waals surface area (Å²) in [4.78, 5) is 21.6. The number of rotatable bonds is 5. The Labute approximate surface area is 209 Å². The zero-order valence-corrected chi connectivity index (χ0v) is 21.5. The minimum absolute atomic E-state index is 0.305. The predicted molar refractivity (Wildman–Crippen MR) is 143 cm³/mol. The second-order valence-electron chi connectivity index (χ2n) is 6.09. The Kier molecular flexibility index (Phi) is 13.0. The molecule has 0 spiro atoms. The molecule has 2 heterocycles. The number of anilines is 1. The Hall–Kier alpha value is -3.42. The first-order valence-electron chi connectivity index (χ1n) is 10.9. The minimum atomic E-state index is -0.930.